The Bertz CT molecular complexity index is 913. The standard InChI is InChI=1S/C22H23F3N4O/c1-16(21(30)27-20-7-5-17(14-26)6-8-20)29-11-9-28(10-12-29)15-18-3-2-4-19(13-18)22(23,24)25/h2-8,13,16H,9-12,15H2,1H3,(H,27,30)/p+2/t16-/m0/s1. The summed E-state index contributed by atoms with van der Waals surface area (Å²) in [5.74, 6) is -0.0870. The summed E-state index contributed by atoms with van der Waals surface area (Å²) in [6.45, 7) is 5.56. The molecule has 0 saturated carbocycles. The normalized spacial score (nSPS) is 20.2. The number of amides is 1. The minimum atomic E-state index is -4.33. The number of benzene rings is 2. The molecule has 0 spiro atoms. The molecule has 3 rings (SSSR count). The average molecular weight is 418 g/mol. The van der Waals surface area contributed by atoms with E-state index in [1.54, 1.807) is 30.3 Å². The molecular formula is C22H25F3N4O+2. The molecule has 30 heavy (non-hydrogen) atoms. The number of alkyl halides is 3. The highest BCUT2D eigenvalue weighted by molar-refractivity contribution is 5.93. The number of piperazine rings is 1. The molecule has 0 bridgehead atoms. The first kappa shape index (κ1) is 21.8. The third-order valence-electron chi connectivity index (χ3n) is 5.59. The van der Waals surface area contributed by atoms with E-state index in [2.05, 4.69) is 5.32 Å². The first-order valence-electron chi connectivity index (χ1n) is 9.91. The van der Waals surface area contributed by atoms with Gasteiger partial charge >= 0.3 is 6.18 Å². The summed E-state index contributed by atoms with van der Waals surface area (Å²) in [7, 11) is 0. The Kier molecular flexibility index (Phi) is 6.75. The van der Waals surface area contributed by atoms with Crippen molar-refractivity contribution in [1.82, 2.24) is 0 Å². The molecule has 158 valence electrons. The molecule has 3 N–H and O–H groups in total. The zero-order chi connectivity index (χ0) is 21.7. The second-order valence-corrected chi connectivity index (χ2v) is 7.68. The molecule has 8 heteroatoms. The molecule has 5 nitrogen and oxygen atoms in total. The molecule has 0 aromatic heterocycles. The number of quaternary nitrogens is 2. The van der Waals surface area contributed by atoms with Crippen LogP contribution in [-0.2, 0) is 17.5 Å². The number of carbonyl (C=O) groups is 1. The van der Waals surface area contributed by atoms with Gasteiger partial charge in [-0.25, -0.2) is 0 Å². The van der Waals surface area contributed by atoms with Crippen molar-refractivity contribution in [1.29, 1.82) is 5.26 Å². The van der Waals surface area contributed by atoms with Gasteiger partial charge in [-0.1, -0.05) is 12.1 Å². The summed E-state index contributed by atoms with van der Waals surface area (Å²) in [6.07, 6.45) is -4.33. The molecule has 2 aromatic carbocycles. The van der Waals surface area contributed by atoms with Gasteiger partial charge in [-0.05, 0) is 43.3 Å². The van der Waals surface area contributed by atoms with Gasteiger partial charge in [0.25, 0.3) is 5.91 Å². The Balaban J connectivity index is 1.51. The SMILES string of the molecule is C[C@@H](C(=O)Nc1ccc(C#N)cc1)[NH+]1CC[NH+](Cc2cccc(C(F)(F)F)c2)CC1. The van der Waals surface area contributed by atoms with Crippen LogP contribution >= 0.6 is 0 Å². The summed E-state index contributed by atoms with van der Waals surface area (Å²) < 4.78 is 38.7. The number of hydrogen-bond acceptors (Lipinski definition) is 2. The highest BCUT2D eigenvalue weighted by Crippen LogP contribution is 2.29. The first-order valence-corrected chi connectivity index (χ1v) is 9.91. The number of nitrogens with zero attached hydrogens (tertiary/aromatic N) is 1. The summed E-state index contributed by atoms with van der Waals surface area (Å²) >= 11 is 0. The number of anilines is 1. The van der Waals surface area contributed by atoms with E-state index in [1.807, 2.05) is 13.0 Å². The highest BCUT2D eigenvalue weighted by Gasteiger charge is 2.33. The second kappa shape index (κ2) is 9.28. The molecule has 0 radical (unpaired) electrons. The van der Waals surface area contributed by atoms with Gasteiger partial charge in [-0.2, -0.15) is 18.4 Å². The number of carbonyl (C=O) groups excluding carboxylic acids is 1. The Labute approximate surface area is 173 Å². The maximum Gasteiger partial charge on any atom is 0.416 e. The fraction of sp³-hybridized carbons (Fsp3) is 0.364. The minimum absolute atomic E-state index is 0.0870. The summed E-state index contributed by atoms with van der Waals surface area (Å²) in [6, 6.07) is 14.0. The van der Waals surface area contributed by atoms with Gasteiger partial charge in [-0.15, -0.1) is 0 Å². The average Bonchev–Trinajstić information content (AvgIpc) is 2.74. The monoisotopic (exact) mass is 418 g/mol. The van der Waals surface area contributed by atoms with Crippen LogP contribution in [0.3, 0.4) is 0 Å². The maximum absolute atomic E-state index is 12.9. The zero-order valence-electron chi connectivity index (χ0n) is 16.7. The smallest absolute Gasteiger partial charge is 0.322 e. The van der Waals surface area contributed by atoms with Crippen molar-refractivity contribution >= 4 is 11.6 Å². The predicted octanol–water partition coefficient (Wildman–Crippen LogP) is 0.888. The number of nitrogens with one attached hydrogen (secondary N) is 3. The molecular weight excluding hydrogens is 393 g/mol. The van der Waals surface area contributed by atoms with Crippen molar-refractivity contribution in [2.45, 2.75) is 25.7 Å². The lowest BCUT2D eigenvalue weighted by molar-refractivity contribution is -1.02. The number of hydrogen-bond donors (Lipinski definition) is 3. The molecule has 1 atom stereocenters. The van der Waals surface area contributed by atoms with Crippen LogP contribution in [0.4, 0.5) is 18.9 Å². The van der Waals surface area contributed by atoms with Gasteiger partial charge in [0.15, 0.2) is 6.04 Å². The zero-order valence-corrected chi connectivity index (χ0v) is 16.7. The van der Waals surface area contributed by atoms with Crippen molar-refractivity contribution in [2.75, 3.05) is 31.5 Å². The van der Waals surface area contributed by atoms with E-state index in [0.29, 0.717) is 23.4 Å². The number of halogens is 3. The maximum atomic E-state index is 12.9. The molecule has 1 aliphatic heterocycles. The van der Waals surface area contributed by atoms with Gasteiger partial charge < -0.3 is 15.1 Å². The fourth-order valence-corrected chi connectivity index (χ4v) is 3.74. The van der Waals surface area contributed by atoms with E-state index in [0.717, 1.165) is 37.1 Å². The molecule has 1 fully saturated rings. The molecule has 1 heterocycles. The summed E-state index contributed by atoms with van der Waals surface area (Å²) in [4.78, 5) is 14.9. The van der Waals surface area contributed by atoms with Crippen LogP contribution in [0.1, 0.15) is 23.6 Å². The fourth-order valence-electron chi connectivity index (χ4n) is 3.74. The van der Waals surface area contributed by atoms with Crippen LogP contribution in [0.25, 0.3) is 0 Å². The van der Waals surface area contributed by atoms with Crippen LogP contribution in [-0.4, -0.2) is 38.1 Å². The molecule has 2 aromatic rings. The Hall–Kier alpha value is -2.89. The van der Waals surface area contributed by atoms with Crippen LogP contribution in [0.15, 0.2) is 48.5 Å². The number of rotatable bonds is 5. The van der Waals surface area contributed by atoms with Gasteiger partial charge in [-0.3, -0.25) is 4.79 Å². The lowest BCUT2D eigenvalue weighted by atomic mass is 10.1. The molecule has 1 saturated heterocycles. The predicted molar refractivity (Wildman–Crippen MR) is 106 cm³/mol. The van der Waals surface area contributed by atoms with Gasteiger partial charge in [0.05, 0.1) is 17.2 Å². The van der Waals surface area contributed by atoms with Crippen molar-refractivity contribution in [3.63, 3.8) is 0 Å². The van der Waals surface area contributed by atoms with E-state index in [-0.39, 0.29) is 11.9 Å². The summed E-state index contributed by atoms with van der Waals surface area (Å²) in [5, 5.41) is 11.7. The van der Waals surface area contributed by atoms with Gasteiger partial charge in [0.1, 0.15) is 32.7 Å². The van der Waals surface area contributed by atoms with Gasteiger partial charge in [0.2, 0.25) is 0 Å². The van der Waals surface area contributed by atoms with Crippen LogP contribution in [0.2, 0.25) is 0 Å². The van der Waals surface area contributed by atoms with Crippen LogP contribution in [0, 0.1) is 11.3 Å². The second-order valence-electron chi connectivity index (χ2n) is 7.68. The largest absolute Gasteiger partial charge is 0.416 e. The van der Waals surface area contributed by atoms with E-state index < -0.39 is 11.7 Å². The molecule has 1 aliphatic rings. The van der Waals surface area contributed by atoms with E-state index >= 15 is 0 Å². The topological polar surface area (TPSA) is 61.8 Å². The van der Waals surface area contributed by atoms with E-state index in [4.69, 9.17) is 5.26 Å². The van der Waals surface area contributed by atoms with Crippen molar-refractivity contribution in [2.24, 2.45) is 0 Å². The van der Waals surface area contributed by atoms with Gasteiger partial charge in [0, 0.05) is 11.3 Å². The lowest BCUT2D eigenvalue weighted by Crippen LogP contribution is -3.29. The molecule has 1 amide bonds. The van der Waals surface area contributed by atoms with Crippen LogP contribution < -0.4 is 15.1 Å². The van der Waals surface area contributed by atoms with Crippen molar-refractivity contribution in [3.05, 3.63) is 65.2 Å². The Morgan fingerprint density at radius 1 is 1.13 bits per heavy atom. The minimum Gasteiger partial charge on any atom is -0.322 e. The van der Waals surface area contributed by atoms with Crippen molar-refractivity contribution in [3.8, 4) is 6.07 Å². The number of nitriles is 1. The highest BCUT2D eigenvalue weighted by atomic mass is 19.4. The quantitative estimate of drug-likeness (QED) is 0.676. The van der Waals surface area contributed by atoms with Crippen LogP contribution in [0.5, 0.6) is 0 Å². The van der Waals surface area contributed by atoms with E-state index in [1.165, 1.54) is 17.0 Å². The third-order valence-corrected chi connectivity index (χ3v) is 5.59. The lowest BCUT2D eigenvalue weighted by Gasteiger charge is -2.32. The summed E-state index contributed by atoms with van der Waals surface area (Å²) in [5.41, 5.74) is 1.25. The Morgan fingerprint density at radius 2 is 1.80 bits per heavy atom. The molecule has 0 aliphatic carbocycles. The van der Waals surface area contributed by atoms with E-state index in [9.17, 15) is 18.0 Å². The van der Waals surface area contributed by atoms with Crippen molar-refractivity contribution < 1.29 is 27.8 Å². The Morgan fingerprint density at radius 3 is 2.40 bits per heavy atom. The third kappa shape index (κ3) is 5.59. The first-order chi connectivity index (χ1) is 14.3. The molecule has 0 unspecified atom stereocenters.